The molecule has 2 atom stereocenters. The van der Waals surface area contributed by atoms with Gasteiger partial charge in [0.2, 0.25) is 0 Å². The van der Waals surface area contributed by atoms with Crippen LogP contribution in [0.25, 0.3) is 0 Å². The summed E-state index contributed by atoms with van der Waals surface area (Å²) in [5, 5.41) is 8.83. The summed E-state index contributed by atoms with van der Waals surface area (Å²) in [7, 11) is 1.48. The fourth-order valence-corrected chi connectivity index (χ4v) is 2.57. The SMILES string of the molecule is COCCN(CC(=O)O)C1CCCC(C(F)(F)F)C1. The van der Waals surface area contributed by atoms with Crippen molar-refractivity contribution in [2.75, 3.05) is 26.8 Å². The molecule has 112 valence electrons. The Balaban J connectivity index is 2.64. The van der Waals surface area contributed by atoms with Gasteiger partial charge in [0.05, 0.1) is 19.1 Å². The molecule has 1 aliphatic rings. The number of carboxylic acids is 1. The summed E-state index contributed by atoms with van der Waals surface area (Å²) in [5.74, 6) is -2.34. The first-order chi connectivity index (χ1) is 8.84. The number of halogens is 3. The first-order valence-corrected chi connectivity index (χ1v) is 6.36. The van der Waals surface area contributed by atoms with Gasteiger partial charge < -0.3 is 9.84 Å². The number of ether oxygens (including phenoxy) is 1. The first kappa shape index (κ1) is 16.2. The molecule has 19 heavy (non-hydrogen) atoms. The summed E-state index contributed by atoms with van der Waals surface area (Å²) in [6.45, 7) is 0.428. The summed E-state index contributed by atoms with van der Waals surface area (Å²) in [6.07, 6.45) is -2.96. The summed E-state index contributed by atoms with van der Waals surface area (Å²) in [6, 6.07) is -0.327. The Hall–Kier alpha value is -0.820. The molecule has 0 spiro atoms. The number of hydrogen-bond donors (Lipinski definition) is 1. The van der Waals surface area contributed by atoms with E-state index in [4.69, 9.17) is 9.84 Å². The number of hydrogen-bond acceptors (Lipinski definition) is 3. The van der Waals surface area contributed by atoms with E-state index in [0.29, 0.717) is 26.0 Å². The summed E-state index contributed by atoms with van der Waals surface area (Å²) >= 11 is 0. The Morgan fingerprint density at radius 1 is 1.42 bits per heavy atom. The average Bonchev–Trinajstić information content (AvgIpc) is 2.33. The topological polar surface area (TPSA) is 49.8 Å². The van der Waals surface area contributed by atoms with Crippen molar-refractivity contribution >= 4 is 5.97 Å². The van der Waals surface area contributed by atoms with E-state index in [1.165, 1.54) is 7.11 Å². The summed E-state index contributed by atoms with van der Waals surface area (Å²) < 4.78 is 43.1. The van der Waals surface area contributed by atoms with Crippen molar-refractivity contribution in [1.29, 1.82) is 0 Å². The largest absolute Gasteiger partial charge is 0.480 e. The molecule has 0 saturated heterocycles. The second kappa shape index (κ2) is 7.09. The highest BCUT2D eigenvalue weighted by Gasteiger charge is 2.43. The summed E-state index contributed by atoms with van der Waals surface area (Å²) in [4.78, 5) is 12.4. The molecule has 1 N–H and O–H groups in total. The van der Waals surface area contributed by atoms with Gasteiger partial charge in [-0.05, 0) is 19.3 Å². The zero-order valence-corrected chi connectivity index (χ0v) is 10.9. The van der Waals surface area contributed by atoms with Crippen LogP contribution in [0.3, 0.4) is 0 Å². The monoisotopic (exact) mass is 283 g/mol. The van der Waals surface area contributed by atoms with E-state index in [1.807, 2.05) is 0 Å². The minimum atomic E-state index is -4.19. The number of methoxy groups -OCH3 is 1. The number of nitrogens with zero attached hydrogens (tertiary/aromatic N) is 1. The lowest BCUT2D eigenvalue weighted by atomic mass is 9.84. The van der Waals surface area contributed by atoms with Gasteiger partial charge in [-0.3, -0.25) is 9.69 Å². The standard InChI is InChI=1S/C12H20F3NO3/c1-19-6-5-16(8-11(17)18)10-4-2-3-9(7-10)12(13,14)15/h9-10H,2-8H2,1H3,(H,17,18). The number of alkyl halides is 3. The zero-order valence-electron chi connectivity index (χ0n) is 10.9. The third-order valence-corrected chi connectivity index (χ3v) is 3.55. The predicted molar refractivity (Wildman–Crippen MR) is 62.9 cm³/mol. The van der Waals surface area contributed by atoms with Crippen molar-refractivity contribution < 1.29 is 27.8 Å². The lowest BCUT2D eigenvalue weighted by Crippen LogP contribution is -2.45. The molecule has 1 fully saturated rings. The second-order valence-corrected chi connectivity index (χ2v) is 4.92. The molecule has 0 aromatic rings. The third-order valence-electron chi connectivity index (χ3n) is 3.55. The molecule has 2 unspecified atom stereocenters. The molecule has 7 heteroatoms. The molecule has 4 nitrogen and oxygen atoms in total. The molecular formula is C12H20F3NO3. The van der Waals surface area contributed by atoms with Crippen molar-refractivity contribution in [3.63, 3.8) is 0 Å². The van der Waals surface area contributed by atoms with E-state index in [-0.39, 0.29) is 25.4 Å². The van der Waals surface area contributed by atoms with E-state index >= 15 is 0 Å². The molecule has 1 rings (SSSR count). The van der Waals surface area contributed by atoms with Crippen molar-refractivity contribution in [2.24, 2.45) is 5.92 Å². The average molecular weight is 283 g/mol. The fraction of sp³-hybridized carbons (Fsp3) is 0.917. The maximum absolute atomic E-state index is 12.7. The van der Waals surface area contributed by atoms with Crippen LogP contribution >= 0.6 is 0 Å². The smallest absolute Gasteiger partial charge is 0.391 e. The zero-order chi connectivity index (χ0) is 14.5. The Morgan fingerprint density at radius 2 is 2.11 bits per heavy atom. The van der Waals surface area contributed by atoms with Crippen LogP contribution in [0.4, 0.5) is 13.2 Å². The molecule has 0 bridgehead atoms. The Morgan fingerprint density at radius 3 is 2.63 bits per heavy atom. The molecule has 0 aromatic heterocycles. The molecular weight excluding hydrogens is 263 g/mol. The van der Waals surface area contributed by atoms with Crippen LogP contribution in [0.2, 0.25) is 0 Å². The van der Waals surface area contributed by atoms with Gasteiger partial charge in [0, 0.05) is 19.7 Å². The van der Waals surface area contributed by atoms with Crippen LogP contribution in [-0.4, -0.2) is 55.0 Å². The van der Waals surface area contributed by atoms with Gasteiger partial charge in [-0.2, -0.15) is 13.2 Å². The Bertz CT molecular complexity index is 296. The van der Waals surface area contributed by atoms with Gasteiger partial charge in [-0.15, -0.1) is 0 Å². The number of aliphatic carboxylic acids is 1. The lowest BCUT2D eigenvalue weighted by molar-refractivity contribution is -0.187. The molecule has 1 aliphatic carbocycles. The van der Waals surface area contributed by atoms with Crippen LogP contribution in [0.15, 0.2) is 0 Å². The van der Waals surface area contributed by atoms with Crippen LogP contribution < -0.4 is 0 Å². The molecule has 0 aliphatic heterocycles. The second-order valence-electron chi connectivity index (χ2n) is 4.92. The van der Waals surface area contributed by atoms with Crippen molar-refractivity contribution in [3.8, 4) is 0 Å². The molecule has 0 heterocycles. The third kappa shape index (κ3) is 5.36. The maximum Gasteiger partial charge on any atom is 0.391 e. The van der Waals surface area contributed by atoms with Crippen molar-refractivity contribution in [3.05, 3.63) is 0 Å². The van der Waals surface area contributed by atoms with Gasteiger partial charge in [0.15, 0.2) is 0 Å². The van der Waals surface area contributed by atoms with Gasteiger partial charge in [-0.1, -0.05) is 6.42 Å². The van der Waals surface area contributed by atoms with Crippen molar-refractivity contribution in [2.45, 2.75) is 37.9 Å². The quantitative estimate of drug-likeness (QED) is 0.811. The minimum absolute atomic E-state index is 0.0134. The van der Waals surface area contributed by atoms with E-state index in [9.17, 15) is 18.0 Å². The number of rotatable bonds is 6. The highest BCUT2D eigenvalue weighted by Crippen LogP contribution is 2.38. The van der Waals surface area contributed by atoms with Gasteiger partial charge in [0.1, 0.15) is 0 Å². The number of carboxylic acid groups (broad SMARTS) is 1. The van der Waals surface area contributed by atoms with Crippen LogP contribution in [0.1, 0.15) is 25.7 Å². The van der Waals surface area contributed by atoms with Crippen LogP contribution in [0.5, 0.6) is 0 Å². The molecule has 0 aromatic carbocycles. The fourth-order valence-electron chi connectivity index (χ4n) is 2.57. The van der Waals surface area contributed by atoms with E-state index in [1.54, 1.807) is 4.90 Å². The first-order valence-electron chi connectivity index (χ1n) is 6.36. The van der Waals surface area contributed by atoms with Gasteiger partial charge >= 0.3 is 12.1 Å². The predicted octanol–water partition coefficient (Wildman–Crippen LogP) is 2.14. The molecule has 1 saturated carbocycles. The van der Waals surface area contributed by atoms with E-state index < -0.39 is 18.1 Å². The van der Waals surface area contributed by atoms with E-state index in [2.05, 4.69) is 0 Å². The van der Waals surface area contributed by atoms with Gasteiger partial charge in [-0.25, -0.2) is 0 Å². The minimum Gasteiger partial charge on any atom is -0.480 e. The molecule has 0 radical (unpaired) electrons. The summed E-state index contributed by atoms with van der Waals surface area (Å²) in [5.41, 5.74) is 0. The van der Waals surface area contributed by atoms with Crippen LogP contribution in [-0.2, 0) is 9.53 Å². The van der Waals surface area contributed by atoms with Gasteiger partial charge in [0.25, 0.3) is 0 Å². The highest BCUT2D eigenvalue weighted by atomic mass is 19.4. The maximum atomic E-state index is 12.7. The highest BCUT2D eigenvalue weighted by molar-refractivity contribution is 5.69. The number of carbonyl (C=O) groups is 1. The lowest BCUT2D eigenvalue weighted by Gasteiger charge is -2.37. The Kier molecular flexibility index (Phi) is 6.06. The van der Waals surface area contributed by atoms with E-state index in [0.717, 1.165) is 0 Å². The van der Waals surface area contributed by atoms with Crippen molar-refractivity contribution in [1.82, 2.24) is 4.90 Å². The Labute approximate surface area is 110 Å². The molecule has 0 amide bonds. The van der Waals surface area contributed by atoms with Crippen LogP contribution in [0, 0.1) is 5.92 Å². The normalized spacial score (nSPS) is 24.7.